The summed E-state index contributed by atoms with van der Waals surface area (Å²) in [4.78, 5) is 4.68. The summed E-state index contributed by atoms with van der Waals surface area (Å²) in [6, 6.07) is 15.7. The molecule has 0 bridgehead atoms. The summed E-state index contributed by atoms with van der Waals surface area (Å²) in [6.45, 7) is 0. The number of rotatable bonds is 2. The summed E-state index contributed by atoms with van der Waals surface area (Å²) in [7, 11) is 0. The van der Waals surface area contributed by atoms with Crippen LogP contribution in [-0.4, -0.2) is 4.98 Å². The summed E-state index contributed by atoms with van der Waals surface area (Å²) in [5.41, 5.74) is 3.47. The van der Waals surface area contributed by atoms with Gasteiger partial charge in [0.1, 0.15) is 10.6 Å². The minimum atomic E-state index is 0.126. The molecule has 0 aliphatic carbocycles. The molecule has 0 spiro atoms. The maximum absolute atomic E-state index is 8.17. The van der Waals surface area contributed by atoms with Crippen molar-refractivity contribution in [1.82, 2.24) is 4.98 Å². The second-order valence-electron chi connectivity index (χ2n) is 5.22. The molecule has 2 aromatic carbocycles. The molecule has 0 fully saturated rings. The van der Waals surface area contributed by atoms with Gasteiger partial charge in [-0.05, 0) is 36.4 Å². The van der Waals surface area contributed by atoms with E-state index < -0.39 is 0 Å². The molecule has 2 aromatic heterocycles. The van der Waals surface area contributed by atoms with Crippen molar-refractivity contribution in [2.24, 2.45) is 0 Å². The number of nitrogens with zero attached hydrogens (tertiary/aromatic N) is 1. The molecule has 0 radical (unpaired) electrons. The van der Waals surface area contributed by atoms with Gasteiger partial charge < -0.3 is 4.42 Å². The van der Waals surface area contributed by atoms with Gasteiger partial charge in [-0.2, -0.15) is 0 Å². The highest BCUT2D eigenvalue weighted by molar-refractivity contribution is 9.10. The molecule has 0 unspecified atom stereocenters. The predicted octanol–water partition coefficient (Wildman–Crippen LogP) is 6.23. The molecule has 24 heavy (non-hydrogen) atoms. The molecule has 0 aliphatic heterocycles. The lowest BCUT2D eigenvalue weighted by molar-refractivity contribution is 0.536. The van der Waals surface area contributed by atoms with E-state index in [0.29, 0.717) is 11.1 Å². The number of benzene rings is 2. The maximum atomic E-state index is 8.17. The molecular formula is C18H10Br2N2OS. The summed E-state index contributed by atoms with van der Waals surface area (Å²) < 4.78 is 7.65. The van der Waals surface area contributed by atoms with Crippen LogP contribution in [0.4, 0.5) is 0 Å². The number of hydrogen-bond donors (Lipinski definition) is 1. The number of halogens is 2. The lowest BCUT2D eigenvalue weighted by atomic mass is 10.1. The van der Waals surface area contributed by atoms with Gasteiger partial charge in [0, 0.05) is 25.3 Å². The first kappa shape index (κ1) is 15.7. The Bertz CT molecular complexity index is 1100. The average molecular weight is 462 g/mol. The standard InChI is InChI=1S/C18H10Br2N2OS/c19-12-3-1-10(2-4-12)15-9-24-18(22-15)14-8-11-7-13(20)5-6-16(11)23-17(14)21/h1-9,21H. The largest absolute Gasteiger partial charge is 0.438 e. The highest BCUT2D eigenvalue weighted by Gasteiger charge is 2.11. The minimum Gasteiger partial charge on any atom is -0.438 e. The van der Waals surface area contributed by atoms with Crippen LogP contribution in [-0.2, 0) is 0 Å². The Balaban J connectivity index is 1.81. The molecule has 1 N–H and O–H groups in total. The normalized spacial score (nSPS) is 11.1. The Morgan fingerprint density at radius 3 is 2.50 bits per heavy atom. The molecule has 3 nitrogen and oxygen atoms in total. The van der Waals surface area contributed by atoms with E-state index in [-0.39, 0.29) is 5.55 Å². The molecule has 4 aromatic rings. The summed E-state index contributed by atoms with van der Waals surface area (Å²) in [5.74, 6) is 0. The zero-order valence-corrected chi connectivity index (χ0v) is 16.2. The first-order valence-corrected chi connectivity index (χ1v) is 9.56. The van der Waals surface area contributed by atoms with Crippen LogP contribution in [0.1, 0.15) is 0 Å². The van der Waals surface area contributed by atoms with Crippen molar-refractivity contribution in [3.8, 4) is 21.8 Å². The lowest BCUT2D eigenvalue weighted by Gasteiger charge is -2.02. The van der Waals surface area contributed by atoms with Gasteiger partial charge in [0.05, 0.1) is 11.3 Å². The van der Waals surface area contributed by atoms with Gasteiger partial charge in [0.15, 0.2) is 0 Å². The van der Waals surface area contributed by atoms with Crippen molar-refractivity contribution in [3.05, 3.63) is 68.4 Å². The third-order valence-electron chi connectivity index (χ3n) is 3.60. The van der Waals surface area contributed by atoms with E-state index in [1.807, 2.05) is 53.9 Å². The SMILES string of the molecule is N=c1oc2ccc(Br)cc2cc1-c1nc(-c2ccc(Br)cc2)cs1. The Kier molecular flexibility index (Phi) is 4.12. The number of fused-ring (bicyclic) bond motifs is 1. The van der Waals surface area contributed by atoms with Gasteiger partial charge in [-0.15, -0.1) is 11.3 Å². The second-order valence-corrected chi connectivity index (χ2v) is 7.91. The predicted molar refractivity (Wildman–Crippen MR) is 104 cm³/mol. The Labute approximate surface area is 158 Å². The number of aromatic nitrogens is 1. The summed E-state index contributed by atoms with van der Waals surface area (Å²) in [5, 5.41) is 11.9. The van der Waals surface area contributed by atoms with Gasteiger partial charge in [0.2, 0.25) is 5.55 Å². The Hall–Kier alpha value is -1.76. The molecule has 0 amide bonds. The molecule has 4 rings (SSSR count). The van der Waals surface area contributed by atoms with Crippen LogP contribution >= 0.6 is 43.2 Å². The Morgan fingerprint density at radius 1 is 0.958 bits per heavy atom. The topological polar surface area (TPSA) is 49.9 Å². The van der Waals surface area contributed by atoms with E-state index in [0.717, 1.165) is 30.6 Å². The van der Waals surface area contributed by atoms with Crippen LogP contribution in [0.2, 0.25) is 0 Å². The van der Waals surface area contributed by atoms with Gasteiger partial charge in [-0.25, -0.2) is 4.98 Å². The van der Waals surface area contributed by atoms with Crippen LogP contribution < -0.4 is 5.55 Å². The van der Waals surface area contributed by atoms with Gasteiger partial charge in [-0.3, -0.25) is 5.41 Å². The van der Waals surface area contributed by atoms with Crippen molar-refractivity contribution in [1.29, 1.82) is 5.41 Å². The highest BCUT2D eigenvalue weighted by Crippen LogP contribution is 2.30. The van der Waals surface area contributed by atoms with Crippen LogP contribution in [0.15, 0.2) is 67.3 Å². The molecule has 0 aliphatic rings. The van der Waals surface area contributed by atoms with Crippen LogP contribution in [0.25, 0.3) is 32.8 Å². The van der Waals surface area contributed by atoms with E-state index in [2.05, 4.69) is 36.8 Å². The van der Waals surface area contributed by atoms with E-state index >= 15 is 0 Å². The van der Waals surface area contributed by atoms with Crippen LogP contribution in [0.3, 0.4) is 0 Å². The van der Waals surface area contributed by atoms with Gasteiger partial charge >= 0.3 is 0 Å². The molecule has 6 heteroatoms. The number of hydrogen-bond acceptors (Lipinski definition) is 4. The zero-order valence-electron chi connectivity index (χ0n) is 12.2. The quantitative estimate of drug-likeness (QED) is 0.384. The molecule has 0 atom stereocenters. The monoisotopic (exact) mass is 460 g/mol. The minimum absolute atomic E-state index is 0.126. The number of nitrogens with one attached hydrogen (secondary N) is 1. The molecular weight excluding hydrogens is 452 g/mol. The lowest BCUT2D eigenvalue weighted by Crippen LogP contribution is -2.02. The van der Waals surface area contributed by atoms with Crippen molar-refractivity contribution < 1.29 is 4.42 Å². The fourth-order valence-electron chi connectivity index (χ4n) is 2.42. The summed E-state index contributed by atoms with van der Waals surface area (Å²) >= 11 is 8.42. The van der Waals surface area contributed by atoms with Crippen molar-refractivity contribution >= 4 is 54.2 Å². The van der Waals surface area contributed by atoms with E-state index in [1.54, 1.807) is 0 Å². The Morgan fingerprint density at radius 2 is 1.71 bits per heavy atom. The van der Waals surface area contributed by atoms with Crippen molar-refractivity contribution in [2.45, 2.75) is 0 Å². The summed E-state index contributed by atoms with van der Waals surface area (Å²) in [6.07, 6.45) is 0. The second kappa shape index (κ2) is 6.27. The first-order valence-electron chi connectivity index (χ1n) is 7.10. The zero-order chi connectivity index (χ0) is 16.7. The third kappa shape index (κ3) is 2.97. The fourth-order valence-corrected chi connectivity index (χ4v) is 3.91. The van der Waals surface area contributed by atoms with Gasteiger partial charge in [0.25, 0.3) is 0 Å². The average Bonchev–Trinajstić information content (AvgIpc) is 3.05. The van der Waals surface area contributed by atoms with E-state index in [9.17, 15) is 0 Å². The maximum Gasteiger partial charge on any atom is 0.222 e. The fraction of sp³-hybridized carbons (Fsp3) is 0. The first-order chi connectivity index (χ1) is 11.6. The third-order valence-corrected chi connectivity index (χ3v) is 5.50. The van der Waals surface area contributed by atoms with Crippen molar-refractivity contribution in [3.63, 3.8) is 0 Å². The van der Waals surface area contributed by atoms with E-state index in [1.165, 1.54) is 11.3 Å². The molecule has 118 valence electrons. The molecule has 0 saturated heterocycles. The highest BCUT2D eigenvalue weighted by atomic mass is 79.9. The smallest absolute Gasteiger partial charge is 0.222 e. The van der Waals surface area contributed by atoms with Crippen LogP contribution in [0, 0.1) is 5.41 Å². The number of thiazole rings is 1. The molecule has 2 heterocycles. The van der Waals surface area contributed by atoms with Gasteiger partial charge in [-0.1, -0.05) is 44.0 Å². The van der Waals surface area contributed by atoms with Crippen molar-refractivity contribution in [2.75, 3.05) is 0 Å². The molecule has 0 saturated carbocycles. The van der Waals surface area contributed by atoms with E-state index in [4.69, 9.17) is 9.83 Å². The van der Waals surface area contributed by atoms with Crippen LogP contribution in [0.5, 0.6) is 0 Å².